The van der Waals surface area contributed by atoms with Crippen molar-refractivity contribution in [3.8, 4) is 22.8 Å². The van der Waals surface area contributed by atoms with Crippen LogP contribution in [0, 0.1) is 10.1 Å². The average Bonchev–Trinajstić information content (AvgIpc) is 3.50. The number of fused-ring (bicyclic) bond motifs is 1. The molecule has 0 spiro atoms. The highest BCUT2D eigenvalue weighted by molar-refractivity contribution is 8.18. The summed E-state index contributed by atoms with van der Waals surface area (Å²) >= 11 is 12.9. The molecule has 0 aliphatic carbocycles. The minimum absolute atomic E-state index is 0.0438. The van der Waals surface area contributed by atoms with Gasteiger partial charge in [-0.1, -0.05) is 23.2 Å². The summed E-state index contributed by atoms with van der Waals surface area (Å²) in [6.07, 6.45) is 1.41. The van der Waals surface area contributed by atoms with Gasteiger partial charge in [0.1, 0.15) is 11.5 Å². The third-order valence-corrected chi connectivity index (χ3v) is 6.56. The van der Waals surface area contributed by atoms with Gasteiger partial charge in [-0.05, 0) is 47.7 Å². The molecule has 0 atom stereocenters. The predicted molar refractivity (Wildman–Crippen MR) is 125 cm³/mol. The number of ether oxygens (including phenoxy) is 2. The van der Waals surface area contributed by atoms with Gasteiger partial charge >= 0.3 is 0 Å². The highest BCUT2D eigenvalue weighted by Gasteiger charge is 2.36. The maximum atomic E-state index is 12.9. The maximum absolute atomic E-state index is 12.9. The third kappa shape index (κ3) is 4.11. The molecule has 5 rings (SSSR count). The largest absolute Gasteiger partial charge is 0.456 e. The van der Waals surface area contributed by atoms with E-state index in [4.69, 9.17) is 37.1 Å². The molecule has 2 aliphatic heterocycles. The van der Waals surface area contributed by atoms with Crippen molar-refractivity contribution in [2.45, 2.75) is 6.54 Å². The minimum Gasteiger partial charge on any atom is -0.456 e. The number of hydrogen-bond donors (Lipinski definition) is 0. The van der Waals surface area contributed by atoms with Crippen molar-refractivity contribution >= 4 is 57.9 Å². The number of carbonyl (C=O) groups is 2. The summed E-state index contributed by atoms with van der Waals surface area (Å²) in [5.41, 5.74) is 0.554. The second-order valence-corrected chi connectivity index (χ2v) is 9.02. The lowest BCUT2D eigenvalue weighted by molar-refractivity contribution is -0.384. The van der Waals surface area contributed by atoms with Crippen molar-refractivity contribution in [3.05, 3.63) is 78.9 Å². The van der Waals surface area contributed by atoms with Gasteiger partial charge in [0.25, 0.3) is 16.8 Å². The molecule has 1 saturated heterocycles. The topological polar surface area (TPSA) is 112 Å². The lowest BCUT2D eigenvalue weighted by Gasteiger charge is -2.14. The highest BCUT2D eigenvalue weighted by atomic mass is 35.5. The molecule has 2 aromatic carbocycles. The number of nitro groups is 1. The number of halogens is 2. The first-order valence-electron chi connectivity index (χ1n) is 9.67. The molecule has 3 aromatic rings. The Morgan fingerprint density at radius 3 is 2.62 bits per heavy atom. The summed E-state index contributed by atoms with van der Waals surface area (Å²) in [6, 6.07) is 10.5. The Morgan fingerprint density at radius 1 is 1.09 bits per heavy atom. The van der Waals surface area contributed by atoms with Gasteiger partial charge in [0.05, 0.1) is 21.9 Å². The van der Waals surface area contributed by atoms with E-state index in [1.807, 2.05) is 0 Å². The van der Waals surface area contributed by atoms with Crippen molar-refractivity contribution in [1.82, 2.24) is 4.90 Å². The van der Waals surface area contributed by atoms with Crippen molar-refractivity contribution in [2.24, 2.45) is 0 Å². The number of rotatable bonds is 5. The molecule has 12 heteroatoms. The Labute approximate surface area is 206 Å². The molecular weight excluding hydrogens is 507 g/mol. The average molecular weight is 519 g/mol. The molecule has 3 heterocycles. The third-order valence-electron chi connectivity index (χ3n) is 5.07. The quantitative estimate of drug-likeness (QED) is 0.225. The van der Waals surface area contributed by atoms with E-state index in [1.54, 1.807) is 24.3 Å². The smallest absolute Gasteiger partial charge is 0.293 e. The van der Waals surface area contributed by atoms with Gasteiger partial charge in [-0.3, -0.25) is 24.6 Å². The second kappa shape index (κ2) is 8.71. The fraction of sp³-hybridized carbons (Fsp3) is 0.0909. The van der Waals surface area contributed by atoms with Crippen molar-refractivity contribution in [1.29, 1.82) is 0 Å². The number of imide groups is 1. The first-order chi connectivity index (χ1) is 16.3. The monoisotopic (exact) mass is 518 g/mol. The number of nitro benzene ring substituents is 1. The summed E-state index contributed by atoms with van der Waals surface area (Å²) in [7, 11) is 0. The number of benzene rings is 2. The number of thioether (sulfide) groups is 1. The Kier molecular flexibility index (Phi) is 5.72. The van der Waals surface area contributed by atoms with Gasteiger partial charge in [-0.15, -0.1) is 0 Å². The van der Waals surface area contributed by atoms with Crippen LogP contribution in [0.15, 0.2) is 51.8 Å². The molecule has 34 heavy (non-hydrogen) atoms. The first-order valence-corrected chi connectivity index (χ1v) is 11.2. The molecule has 2 amide bonds. The first kappa shape index (κ1) is 22.3. The van der Waals surface area contributed by atoms with Crippen LogP contribution in [0.4, 0.5) is 10.5 Å². The normalized spacial score (nSPS) is 16.1. The van der Waals surface area contributed by atoms with E-state index in [1.165, 1.54) is 24.3 Å². The Hall–Kier alpha value is -3.47. The second-order valence-electron chi connectivity index (χ2n) is 7.19. The maximum Gasteiger partial charge on any atom is 0.293 e. The van der Waals surface area contributed by atoms with Crippen LogP contribution < -0.4 is 9.47 Å². The van der Waals surface area contributed by atoms with Gasteiger partial charge in [0.15, 0.2) is 11.5 Å². The van der Waals surface area contributed by atoms with E-state index in [-0.39, 0.29) is 46.0 Å². The highest BCUT2D eigenvalue weighted by Crippen LogP contribution is 2.40. The Bertz CT molecular complexity index is 1400. The molecule has 0 N–H and O–H groups in total. The van der Waals surface area contributed by atoms with Crippen LogP contribution in [-0.4, -0.2) is 27.8 Å². The van der Waals surface area contributed by atoms with E-state index < -0.39 is 16.1 Å². The van der Waals surface area contributed by atoms with Crippen LogP contribution >= 0.6 is 35.0 Å². The molecule has 0 saturated carbocycles. The molecular formula is C22H12Cl2N2O7S. The molecule has 1 aromatic heterocycles. The van der Waals surface area contributed by atoms with Gasteiger partial charge in [-0.25, -0.2) is 0 Å². The van der Waals surface area contributed by atoms with Gasteiger partial charge < -0.3 is 13.9 Å². The summed E-state index contributed by atoms with van der Waals surface area (Å²) in [6.45, 7) is 0.0294. The Balaban J connectivity index is 1.38. The van der Waals surface area contributed by atoms with Gasteiger partial charge in [0.2, 0.25) is 6.79 Å². The van der Waals surface area contributed by atoms with E-state index in [9.17, 15) is 19.7 Å². The zero-order valence-corrected chi connectivity index (χ0v) is 19.3. The van der Waals surface area contributed by atoms with Crippen LogP contribution in [0.3, 0.4) is 0 Å². The number of amides is 2. The molecule has 1 fully saturated rings. The van der Waals surface area contributed by atoms with Crippen LogP contribution in [0.2, 0.25) is 10.0 Å². The van der Waals surface area contributed by atoms with Crippen molar-refractivity contribution < 1.29 is 28.4 Å². The predicted octanol–water partition coefficient (Wildman–Crippen LogP) is 6.13. The number of nitrogens with zero attached hydrogens (tertiary/aromatic N) is 2. The lowest BCUT2D eigenvalue weighted by atomic mass is 10.1. The zero-order chi connectivity index (χ0) is 24.0. The van der Waals surface area contributed by atoms with Crippen LogP contribution in [-0.2, 0) is 11.3 Å². The van der Waals surface area contributed by atoms with Gasteiger partial charge in [0, 0.05) is 28.3 Å². The number of hydrogen-bond acceptors (Lipinski definition) is 8. The Morgan fingerprint density at radius 2 is 1.85 bits per heavy atom. The van der Waals surface area contributed by atoms with E-state index in [0.717, 1.165) is 16.7 Å². The fourth-order valence-electron chi connectivity index (χ4n) is 3.46. The molecule has 2 aliphatic rings. The molecule has 9 nitrogen and oxygen atoms in total. The van der Waals surface area contributed by atoms with Gasteiger partial charge in [-0.2, -0.15) is 0 Å². The SMILES string of the molecule is O=C1S/C(=C/c2ccc(-c3ccc(Cl)cc3[N+](=O)[O-])o2)C(=O)N1Cc1cc2c(cc1Cl)OCO2. The van der Waals surface area contributed by atoms with E-state index in [0.29, 0.717) is 22.1 Å². The zero-order valence-electron chi connectivity index (χ0n) is 16.9. The lowest BCUT2D eigenvalue weighted by Crippen LogP contribution is -2.27. The molecule has 0 unspecified atom stereocenters. The molecule has 0 bridgehead atoms. The number of furan rings is 1. The van der Waals surface area contributed by atoms with Crippen molar-refractivity contribution in [2.75, 3.05) is 6.79 Å². The van der Waals surface area contributed by atoms with Crippen LogP contribution in [0.25, 0.3) is 17.4 Å². The van der Waals surface area contributed by atoms with E-state index >= 15 is 0 Å². The summed E-state index contributed by atoms with van der Waals surface area (Å²) in [5, 5.41) is 11.5. The summed E-state index contributed by atoms with van der Waals surface area (Å²) in [4.78, 5) is 37.4. The summed E-state index contributed by atoms with van der Waals surface area (Å²) < 4.78 is 16.3. The minimum atomic E-state index is -0.559. The summed E-state index contributed by atoms with van der Waals surface area (Å²) in [5.74, 6) is 0.949. The van der Waals surface area contributed by atoms with Crippen LogP contribution in [0.1, 0.15) is 11.3 Å². The number of carbonyl (C=O) groups excluding carboxylic acids is 2. The standard InChI is InChI=1S/C22H12Cl2N2O7S/c23-12-1-3-14(16(6-12)26(29)30)17-4-2-13(33-17)7-20-21(27)25(22(28)34-20)9-11-5-18-19(8-15(11)24)32-10-31-18/h1-8H,9-10H2/b20-7+. The fourth-order valence-corrected chi connectivity index (χ4v) is 4.65. The van der Waals surface area contributed by atoms with Crippen molar-refractivity contribution in [3.63, 3.8) is 0 Å². The van der Waals surface area contributed by atoms with Crippen LogP contribution in [0.5, 0.6) is 11.5 Å². The molecule has 172 valence electrons. The van der Waals surface area contributed by atoms with E-state index in [2.05, 4.69) is 0 Å². The molecule has 0 radical (unpaired) electrons.